The van der Waals surface area contributed by atoms with E-state index in [9.17, 15) is 0 Å². The summed E-state index contributed by atoms with van der Waals surface area (Å²) in [6.45, 7) is 2.06. The fraction of sp³-hybridized carbons (Fsp3) is 0.455. The monoisotopic (exact) mass is 193 g/mol. The molecule has 0 aliphatic carbocycles. The van der Waals surface area contributed by atoms with Crippen molar-refractivity contribution in [3.63, 3.8) is 0 Å². The highest BCUT2D eigenvalue weighted by molar-refractivity contribution is 5.46. The van der Waals surface area contributed by atoms with Gasteiger partial charge in [0, 0.05) is 5.56 Å². The predicted octanol–water partition coefficient (Wildman–Crippen LogP) is 1.23. The summed E-state index contributed by atoms with van der Waals surface area (Å²) in [6, 6.07) is 4.07. The van der Waals surface area contributed by atoms with Gasteiger partial charge in [-0.1, -0.05) is 6.07 Å². The Balaban J connectivity index is 2.45. The third-order valence-corrected chi connectivity index (χ3v) is 2.60. The smallest absolute Gasteiger partial charge is 0.122 e. The highest BCUT2D eigenvalue weighted by Gasteiger charge is 2.17. The van der Waals surface area contributed by atoms with Gasteiger partial charge in [0.05, 0.1) is 20.3 Å². The second-order valence-electron chi connectivity index (χ2n) is 3.42. The van der Waals surface area contributed by atoms with Crippen molar-refractivity contribution in [3.05, 3.63) is 28.8 Å². The second kappa shape index (κ2) is 3.98. The summed E-state index contributed by atoms with van der Waals surface area (Å²) in [5.74, 6) is 0.930. The predicted molar refractivity (Wildman–Crippen MR) is 54.2 cm³/mol. The largest absolute Gasteiger partial charge is 0.496 e. The Bertz CT molecular complexity index is 336. The van der Waals surface area contributed by atoms with E-state index in [1.807, 2.05) is 6.07 Å². The van der Waals surface area contributed by atoms with Crippen LogP contribution in [0.2, 0.25) is 0 Å². The van der Waals surface area contributed by atoms with Gasteiger partial charge in [-0.2, -0.15) is 0 Å². The van der Waals surface area contributed by atoms with Crippen molar-refractivity contribution in [1.29, 1.82) is 0 Å². The van der Waals surface area contributed by atoms with E-state index in [1.165, 1.54) is 16.7 Å². The topological polar surface area (TPSA) is 44.5 Å². The highest BCUT2D eigenvalue weighted by Crippen LogP contribution is 2.30. The molecule has 0 aromatic heterocycles. The molecule has 1 aromatic carbocycles. The average Bonchev–Trinajstić information content (AvgIpc) is 2.67. The van der Waals surface area contributed by atoms with E-state index in [1.54, 1.807) is 7.11 Å². The van der Waals surface area contributed by atoms with Gasteiger partial charge >= 0.3 is 0 Å². The number of hydrogen-bond donors (Lipinski definition) is 1. The zero-order valence-corrected chi connectivity index (χ0v) is 8.38. The molecule has 0 saturated carbocycles. The number of benzene rings is 1. The summed E-state index contributed by atoms with van der Waals surface area (Å²) in [6.07, 6.45) is 0.857. The molecule has 0 amide bonds. The molecule has 2 N–H and O–H groups in total. The van der Waals surface area contributed by atoms with Gasteiger partial charge in [-0.15, -0.1) is 0 Å². The van der Waals surface area contributed by atoms with Crippen molar-refractivity contribution in [3.8, 4) is 5.75 Å². The minimum Gasteiger partial charge on any atom is -0.496 e. The van der Waals surface area contributed by atoms with Crippen molar-refractivity contribution in [1.82, 2.24) is 0 Å². The summed E-state index contributed by atoms with van der Waals surface area (Å²) in [5.41, 5.74) is 9.34. The average molecular weight is 193 g/mol. The zero-order chi connectivity index (χ0) is 9.97. The lowest BCUT2D eigenvalue weighted by molar-refractivity contribution is 0.134. The first-order valence-electron chi connectivity index (χ1n) is 4.82. The number of nitrogens with two attached hydrogens (primary N) is 1. The molecule has 3 nitrogen and oxygen atoms in total. The molecule has 0 radical (unpaired) electrons. The van der Waals surface area contributed by atoms with Crippen molar-refractivity contribution in [2.45, 2.75) is 19.6 Å². The first-order valence-corrected chi connectivity index (χ1v) is 4.82. The maximum absolute atomic E-state index is 5.58. The van der Waals surface area contributed by atoms with Gasteiger partial charge in [-0.25, -0.2) is 0 Å². The molecular formula is C11H15NO2. The van der Waals surface area contributed by atoms with Crippen LogP contribution in [-0.4, -0.2) is 13.7 Å². The van der Waals surface area contributed by atoms with E-state index in [0.29, 0.717) is 13.2 Å². The van der Waals surface area contributed by atoms with Crippen LogP contribution in [0.1, 0.15) is 16.7 Å². The Morgan fingerprint density at radius 2 is 2.29 bits per heavy atom. The van der Waals surface area contributed by atoms with Gasteiger partial charge in [0.2, 0.25) is 0 Å². The lowest BCUT2D eigenvalue weighted by atomic mass is 10.00. The number of methoxy groups -OCH3 is 1. The van der Waals surface area contributed by atoms with E-state index in [-0.39, 0.29) is 0 Å². The molecule has 0 atom stereocenters. The Kier molecular flexibility index (Phi) is 2.70. The molecule has 3 heteroatoms. The first kappa shape index (κ1) is 9.49. The number of ether oxygens (including phenoxy) is 2. The number of hydrogen-bond acceptors (Lipinski definition) is 3. The molecular weight excluding hydrogens is 178 g/mol. The third kappa shape index (κ3) is 1.49. The first-order chi connectivity index (χ1) is 6.86. The standard InChI is InChI=1S/C11H15NO2/c1-13-11-3-2-8-6-14-7-10(8)9(11)4-5-12/h2-3H,4-7,12H2,1H3. The van der Waals surface area contributed by atoms with Gasteiger partial charge in [0.15, 0.2) is 0 Å². The van der Waals surface area contributed by atoms with E-state index >= 15 is 0 Å². The van der Waals surface area contributed by atoms with Crippen molar-refractivity contribution in [2.75, 3.05) is 13.7 Å². The van der Waals surface area contributed by atoms with Crippen LogP contribution >= 0.6 is 0 Å². The molecule has 1 heterocycles. The van der Waals surface area contributed by atoms with Crippen LogP contribution in [0, 0.1) is 0 Å². The van der Waals surface area contributed by atoms with Crippen LogP contribution in [-0.2, 0) is 24.4 Å². The molecule has 0 bridgehead atoms. The van der Waals surface area contributed by atoms with Gasteiger partial charge in [0.25, 0.3) is 0 Å². The molecule has 0 saturated heterocycles. The van der Waals surface area contributed by atoms with Crippen molar-refractivity contribution < 1.29 is 9.47 Å². The Morgan fingerprint density at radius 1 is 1.43 bits per heavy atom. The Hall–Kier alpha value is -1.06. The number of fused-ring (bicyclic) bond motifs is 1. The fourth-order valence-corrected chi connectivity index (χ4v) is 1.91. The second-order valence-corrected chi connectivity index (χ2v) is 3.42. The highest BCUT2D eigenvalue weighted by atomic mass is 16.5. The number of rotatable bonds is 3. The summed E-state index contributed by atoms with van der Waals surface area (Å²) >= 11 is 0. The van der Waals surface area contributed by atoms with Gasteiger partial charge in [0.1, 0.15) is 5.75 Å². The zero-order valence-electron chi connectivity index (χ0n) is 8.38. The molecule has 76 valence electrons. The van der Waals surface area contributed by atoms with Gasteiger partial charge in [-0.05, 0) is 30.2 Å². The van der Waals surface area contributed by atoms with Crippen LogP contribution in [0.3, 0.4) is 0 Å². The molecule has 0 spiro atoms. The molecule has 14 heavy (non-hydrogen) atoms. The van der Waals surface area contributed by atoms with E-state index in [4.69, 9.17) is 15.2 Å². The van der Waals surface area contributed by atoms with Crippen LogP contribution < -0.4 is 10.5 Å². The third-order valence-electron chi connectivity index (χ3n) is 2.60. The lowest BCUT2D eigenvalue weighted by Crippen LogP contribution is -2.07. The fourth-order valence-electron chi connectivity index (χ4n) is 1.91. The molecule has 1 aliphatic rings. The quantitative estimate of drug-likeness (QED) is 0.785. The summed E-state index contributed by atoms with van der Waals surface area (Å²) in [7, 11) is 1.69. The van der Waals surface area contributed by atoms with Gasteiger partial charge in [-0.3, -0.25) is 0 Å². The lowest BCUT2D eigenvalue weighted by Gasteiger charge is -2.11. The molecule has 1 aliphatic heterocycles. The molecule has 2 rings (SSSR count). The van der Waals surface area contributed by atoms with Crippen LogP contribution in [0.5, 0.6) is 5.75 Å². The summed E-state index contributed by atoms with van der Waals surface area (Å²) < 4.78 is 10.7. The van der Waals surface area contributed by atoms with Gasteiger partial charge < -0.3 is 15.2 Å². The maximum atomic E-state index is 5.58. The molecule has 1 aromatic rings. The summed E-state index contributed by atoms with van der Waals surface area (Å²) in [5, 5.41) is 0. The SMILES string of the molecule is COc1ccc2c(c1CCN)COC2. The van der Waals surface area contributed by atoms with Crippen molar-refractivity contribution in [2.24, 2.45) is 5.73 Å². The Morgan fingerprint density at radius 3 is 3.00 bits per heavy atom. The maximum Gasteiger partial charge on any atom is 0.122 e. The molecule has 0 fully saturated rings. The summed E-state index contributed by atoms with van der Waals surface area (Å²) in [4.78, 5) is 0. The van der Waals surface area contributed by atoms with Crippen LogP contribution in [0.4, 0.5) is 0 Å². The van der Waals surface area contributed by atoms with E-state index < -0.39 is 0 Å². The minimum atomic E-state index is 0.646. The van der Waals surface area contributed by atoms with Crippen LogP contribution in [0.25, 0.3) is 0 Å². The molecule has 0 unspecified atom stereocenters. The van der Waals surface area contributed by atoms with E-state index in [0.717, 1.165) is 18.8 Å². The van der Waals surface area contributed by atoms with E-state index in [2.05, 4.69) is 6.07 Å². The van der Waals surface area contributed by atoms with Crippen molar-refractivity contribution >= 4 is 0 Å². The normalized spacial score (nSPS) is 14.1. The van der Waals surface area contributed by atoms with Crippen LogP contribution in [0.15, 0.2) is 12.1 Å². The minimum absolute atomic E-state index is 0.646. The Labute approximate surface area is 83.8 Å².